The van der Waals surface area contributed by atoms with Crippen LogP contribution in [0, 0.1) is 11.3 Å². The molecule has 0 unspecified atom stereocenters. The van der Waals surface area contributed by atoms with Crippen molar-refractivity contribution in [2.75, 3.05) is 25.0 Å². The molecule has 0 bridgehead atoms. The van der Waals surface area contributed by atoms with Crippen molar-refractivity contribution in [2.24, 2.45) is 0 Å². The molecule has 1 fully saturated rings. The normalized spacial score (nSPS) is 16.7. The molecule has 2 amide bonds. The monoisotopic (exact) mass is 363 g/mol. The first-order valence-electron chi connectivity index (χ1n) is 9.38. The fourth-order valence-corrected chi connectivity index (χ4v) is 3.53. The molecule has 0 saturated carbocycles. The van der Waals surface area contributed by atoms with Crippen LogP contribution in [0.4, 0.5) is 10.5 Å². The van der Waals surface area contributed by atoms with Gasteiger partial charge in [0.15, 0.2) is 0 Å². The number of pyridine rings is 1. The van der Waals surface area contributed by atoms with E-state index >= 15 is 0 Å². The number of rotatable bonds is 6. The van der Waals surface area contributed by atoms with Gasteiger partial charge in [0.1, 0.15) is 0 Å². The van der Waals surface area contributed by atoms with E-state index in [0.29, 0.717) is 30.4 Å². The Hall–Kier alpha value is -2.91. The number of hydrogen-bond donors (Lipinski definition) is 1. The number of aromatic nitrogens is 1. The first-order chi connectivity index (χ1) is 13.2. The summed E-state index contributed by atoms with van der Waals surface area (Å²) in [5, 5.41) is 11.9. The first-order valence-corrected chi connectivity index (χ1v) is 9.38. The van der Waals surface area contributed by atoms with Crippen LogP contribution in [-0.2, 0) is 6.54 Å². The van der Waals surface area contributed by atoms with Crippen molar-refractivity contribution in [3.63, 3.8) is 0 Å². The molecule has 1 N–H and O–H groups in total. The van der Waals surface area contributed by atoms with Crippen molar-refractivity contribution >= 4 is 11.7 Å². The van der Waals surface area contributed by atoms with Gasteiger partial charge in [0.05, 0.1) is 11.6 Å². The molecule has 2 heterocycles. The van der Waals surface area contributed by atoms with E-state index in [1.54, 1.807) is 36.7 Å². The maximum Gasteiger partial charge on any atom is 0.322 e. The average molecular weight is 363 g/mol. The van der Waals surface area contributed by atoms with Crippen molar-refractivity contribution < 1.29 is 4.79 Å². The third-order valence-electron chi connectivity index (χ3n) is 5.01. The molecule has 1 aromatic carbocycles. The number of nitrogens with one attached hydrogen (secondary N) is 1. The van der Waals surface area contributed by atoms with Gasteiger partial charge in [-0.1, -0.05) is 6.92 Å². The van der Waals surface area contributed by atoms with Crippen molar-refractivity contribution in [3.05, 3.63) is 59.9 Å². The van der Waals surface area contributed by atoms with Gasteiger partial charge in [-0.05, 0) is 67.9 Å². The molecule has 27 heavy (non-hydrogen) atoms. The van der Waals surface area contributed by atoms with E-state index in [1.165, 1.54) is 6.42 Å². The molecule has 3 rings (SSSR count). The average Bonchev–Trinajstić information content (AvgIpc) is 3.16. The zero-order valence-corrected chi connectivity index (χ0v) is 15.6. The number of amides is 2. The second kappa shape index (κ2) is 9.15. The molecule has 2 aromatic rings. The third kappa shape index (κ3) is 5.05. The molecule has 1 saturated heterocycles. The van der Waals surface area contributed by atoms with Crippen LogP contribution in [0.1, 0.15) is 30.9 Å². The van der Waals surface area contributed by atoms with E-state index in [9.17, 15) is 4.79 Å². The van der Waals surface area contributed by atoms with Crippen LogP contribution in [0.2, 0.25) is 0 Å². The van der Waals surface area contributed by atoms with Crippen LogP contribution < -0.4 is 5.32 Å². The standard InChI is InChI=1S/C21H25N5O/c1-2-25-13-3-4-20(25)16-26(15-18-9-11-23-12-10-18)21(27)24-19-7-5-17(14-22)6-8-19/h5-12,20H,2-4,13,15-16H2,1H3,(H,24,27)/t20-/m1/s1. The Balaban J connectivity index is 1.73. The van der Waals surface area contributed by atoms with Gasteiger partial charge < -0.3 is 10.2 Å². The molecule has 0 spiro atoms. The lowest BCUT2D eigenvalue weighted by molar-refractivity contribution is 0.175. The second-order valence-corrected chi connectivity index (χ2v) is 6.78. The van der Waals surface area contributed by atoms with Crippen molar-refractivity contribution in [2.45, 2.75) is 32.4 Å². The van der Waals surface area contributed by atoms with E-state index in [2.05, 4.69) is 28.2 Å². The predicted octanol–water partition coefficient (Wildman–Crippen LogP) is 3.47. The summed E-state index contributed by atoms with van der Waals surface area (Å²) in [6.07, 6.45) is 5.80. The van der Waals surface area contributed by atoms with Gasteiger partial charge in [-0.25, -0.2) is 4.79 Å². The van der Waals surface area contributed by atoms with Crippen molar-refractivity contribution in [3.8, 4) is 6.07 Å². The Bertz CT molecular complexity index is 784. The smallest absolute Gasteiger partial charge is 0.319 e. The second-order valence-electron chi connectivity index (χ2n) is 6.78. The van der Waals surface area contributed by atoms with Gasteiger partial charge in [-0.15, -0.1) is 0 Å². The van der Waals surface area contributed by atoms with Crippen LogP contribution in [0.5, 0.6) is 0 Å². The lowest BCUT2D eigenvalue weighted by Gasteiger charge is -2.30. The Morgan fingerprint density at radius 2 is 2.04 bits per heavy atom. The maximum atomic E-state index is 13.0. The lowest BCUT2D eigenvalue weighted by Crippen LogP contribution is -2.44. The minimum Gasteiger partial charge on any atom is -0.319 e. The highest BCUT2D eigenvalue weighted by Gasteiger charge is 2.27. The summed E-state index contributed by atoms with van der Waals surface area (Å²) in [7, 11) is 0. The summed E-state index contributed by atoms with van der Waals surface area (Å²) < 4.78 is 0. The largest absolute Gasteiger partial charge is 0.322 e. The van der Waals surface area contributed by atoms with Crippen LogP contribution >= 0.6 is 0 Å². The van der Waals surface area contributed by atoms with E-state index in [1.807, 2.05) is 17.0 Å². The van der Waals surface area contributed by atoms with E-state index in [4.69, 9.17) is 5.26 Å². The fraction of sp³-hybridized carbons (Fsp3) is 0.381. The highest BCUT2D eigenvalue weighted by Crippen LogP contribution is 2.19. The molecule has 1 aromatic heterocycles. The zero-order chi connectivity index (χ0) is 19.1. The quantitative estimate of drug-likeness (QED) is 0.853. The molecule has 6 heteroatoms. The minimum atomic E-state index is -0.125. The molecule has 1 aliphatic heterocycles. The van der Waals surface area contributed by atoms with E-state index in [-0.39, 0.29) is 6.03 Å². The predicted molar refractivity (Wildman–Crippen MR) is 105 cm³/mol. The van der Waals surface area contributed by atoms with Gasteiger partial charge in [0.2, 0.25) is 0 Å². The molecule has 140 valence electrons. The summed E-state index contributed by atoms with van der Waals surface area (Å²) in [4.78, 5) is 21.3. The lowest BCUT2D eigenvalue weighted by atomic mass is 10.2. The van der Waals surface area contributed by atoms with Crippen LogP contribution in [-0.4, -0.2) is 46.5 Å². The number of nitrogens with zero attached hydrogens (tertiary/aromatic N) is 4. The number of carbonyl (C=O) groups excluding carboxylic acids is 1. The van der Waals surface area contributed by atoms with Gasteiger partial charge >= 0.3 is 6.03 Å². The molecule has 1 atom stereocenters. The van der Waals surface area contributed by atoms with Gasteiger partial charge in [-0.2, -0.15) is 5.26 Å². The van der Waals surface area contributed by atoms with Crippen LogP contribution in [0.25, 0.3) is 0 Å². The summed E-state index contributed by atoms with van der Waals surface area (Å²) in [5.41, 5.74) is 2.32. The Kier molecular flexibility index (Phi) is 6.39. The number of urea groups is 1. The summed E-state index contributed by atoms with van der Waals surface area (Å²) in [6, 6.07) is 13.2. The first kappa shape index (κ1) is 18.9. The Morgan fingerprint density at radius 1 is 1.30 bits per heavy atom. The number of likely N-dealkylation sites (tertiary alicyclic amines) is 1. The molecular formula is C21H25N5O. The molecular weight excluding hydrogens is 338 g/mol. The van der Waals surface area contributed by atoms with Gasteiger partial charge in [0.25, 0.3) is 0 Å². The van der Waals surface area contributed by atoms with Crippen LogP contribution in [0.3, 0.4) is 0 Å². The van der Waals surface area contributed by atoms with Crippen LogP contribution in [0.15, 0.2) is 48.8 Å². The number of anilines is 1. The summed E-state index contributed by atoms with van der Waals surface area (Å²) >= 11 is 0. The SMILES string of the molecule is CCN1CCC[C@@H]1CN(Cc1ccncc1)C(=O)Nc1ccc(C#N)cc1. The number of likely N-dealkylation sites (N-methyl/N-ethyl adjacent to an activating group) is 1. The molecule has 6 nitrogen and oxygen atoms in total. The van der Waals surface area contributed by atoms with E-state index < -0.39 is 0 Å². The Labute approximate surface area is 160 Å². The van der Waals surface area contributed by atoms with Crippen molar-refractivity contribution in [1.29, 1.82) is 5.26 Å². The molecule has 0 aliphatic carbocycles. The third-order valence-corrected chi connectivity index (χ3v) is 5.01. The highest BCUT2D eigenvalue weighted by molar-refractivity contribution is 5.89. The fourth-order valence-electron chi connectivity index (χ4n) is 3.53. The minimum absolute atomic E-state index is 0.125. The summed E-state index contributed by atoms with van der Waals surface area (Å²) in [6.45, 7) is 5.51. The highest BCUT2D eigenvalue weighted by atomic mass is 16.2. The molecule has 0 radical (unpaired) electrons. The van der Waals surface area contributed by atoms with Gasteiger partial charge in [-0.3, -0.25) is 9.88 Å². The maximum absolute atomic E-state index is 13.0. The summed E-state index contributed by atoms with van der Waals surface area (Å²) in [5.74, 6) is 0. The number of carbonyl (C=O) groups is 1. The number of nitriles is 1. The van der Waals surface area contributed by atoms with E-state index in [0.717, 1.165) is 25.1 Å². The number of hydrogen-bond acceptors (Lipinski definition) is 4. The topological polar surface area (TPSA) is 72.3 Å². The van der Waals surface area contributed by atoms with Gasteiger partial charge in [0, 0.05) is 37.2 Å². The molecule has 1 aliphatic rings. The number of benzene rings is 1. The zero-order valence-electron chi connectivity index (χ0n) is 15.6. The van der Waals surface area contributed by atoms with Crippen molar-refractivity contribution in [1.82, 2.24) is 14.8 Å². The Morgan fingerprint density at radius 3 is 2.70 bits per heavy atom.